The van der Waals surface area contributed by atoms with Crippen molar-refractivity contribution < 1.29 is 4.79 Å². The molecule has 0 aromatic carbocycles. The first-order valence-electron chi connectivity index (χ1n) is 3.53. The van der Waals surface area contributed by atoms with Crippen molar-refractivity contribution in [2.75, 3.05) is 14.1 Å². The van der Waals surface area contributed by atoms with Gasteiger partial charge in [-0.15, -0.1) is 0 Å². The number of carbonyl (C=O) groups is 1. The molecule has 3 heteroatoms. The molecule has 0 heterocycles. The van der Waals surface area contributed by atoms with Crippen LogP contribution >= 0.6 is 0 Å². The van der Waals surface area contributed by atoms with E-state index in [1.54, 1.807) is 4.90 Å². The van der Waals surface area contributed by atoms with E-state index < -0.39 is 13.3 Å². The summed E-state index contributed by atoms with van der Waals surface area (Å²) in [6.45, 7) is 0. The van der Waals surface area contributed by atoms with E-state index in [-0.39, 0.29) is 5.91 Å². The molecular weight excluding hydrogens is 187 g/mol. The molecule has 0 aromatic heterocycles. The number of nitrogens with zero attached hydrogens (tertiary/aromatic N) is 1. The molecule has 0 aromatic rings. The second-order valence-electron chi connectivity index (χ2n) is 4.03. The van der Waals surface area contributed by atoms with Crippen LogP contribution < -0.4 is 0 Å². The van der Waals surface area contributed by atoms with Gasteiger partial charge in [0.05, 0.1) is 0 Å². The average molecular weight is 204 g/mol. The van der Waals surface area contributed by atoms with Gasteiger partial charge in [0.25, 0.3) is 0 Å². The summed E-state index contributed by atoms with van der Waals surface area (Å²) >= 11 is -1.62. The zero-order valence-electron chi connectivity index (χ0n) is 7.56. The summed E-state index contributed by atoms with van der Waals surface area (Å²) in [5.74, 6) is 7.04. The van der Waals surface area contributed by atoms with Gasteiger partial charge in [0.15, 0.2) is 0 Å². The van der Waals surface area contributed by atoms with Crippen LogP contribution in [0.2, 0.25) is 22.5 Å². The molecule has 0 fully saturated rings. The molecule has 2 nitrogen and oxygen atoms in total. The van der Waals surface area contributed by atoms with Crippen LogP contribution in [0.4, 0.5) is 0 Å². The van der Waals surface area contributed by atoms with Crippen LogP contribution in [-0.4, -0.2) is 38.2 Å². The number of amides is 1. The van der Waals surface area contributed by atoms with E-state index in [0.29, 0.717) is 0 Å². The maximum atomic E-state index is 11.1. The quantitative estimate of drug-likeness (QED) is 0.622. The van der Waals surface area contributed by atoms with E-state index in [2.05, 4.69) is 17.3 Å². The van der Waals surface area contributed by atoms with Crippen LogP contribution in [0.5, 0.6) is 0 Å². The molecule has 0 unspecified atom stereocenters. The Hall–Kier alpha value is 0.0129. The molecule has 0 aliphatic rings. The molecule has 0 aliphatic carbocycles. The van der Waals surface area contributed by atoms with Crippen molar-refractivity contribution >= 4 is 19.2 Å². The third-order valence-corrected chi connectivity index (χ3v) is 4.04. The molecule has 0 radical (unpaired) electrons. The fraction of sp³-hybridized carbons (Fsp3) is 0.857. The van der Waals surface area contributed by atoms with E-state index >= 15 is 0 Å². The van der Waals surface area contributed by atoms with Crippen molar-refractivity contribution in [3.63, 3.8) is 0 Å². The van der Waals surface area contributed by atoms with Gasteiger partial charge in [-0.25, -0.2) is 0 Å². The Bertz CT molecular complexity index is 126. The maximum absolute atomic E-state index is 11.1. The summed E-state index contributed by atoms with van der Waals surface area (Å²) in [4.78, 5) is 12.8. The fourth-order valence-electron chi connectivity index (χ4n) is 0.612. The standard InChI is InChI=1S/C7H17GeNO/c1-8(2,3)6-7(10)9(4)5/h6H2,1-5H3. The monoisotopic (exact) mass is 205 g/mol. The van der Waals surface area contributed by atoms with Gasteiger partial charge in [-0.2, -0.15) is 0 Å². The third-order valence-electron chi connectivity index (χ3n) is 1.18. The van der Waals surface area contributed by atoms with Gasteiger partial charge < -0.3 is 0 Å². The topological polar surface area (TPSA) is 20.3 Å². The predicted molar refractivity (Wildman–Crippen MR) is 46.8 cm³/mol. The Morgan fingerprint density at radius 2 is 1.70 bits per heavy atom. The van der Waals surface area contributed by atoms with Crippen LogP contribution in [0, 0.1) is 0 Å². The first kappa shape index (κ1) is 10.0. The average Bonchev–Trinajstić information content (AvgIpc) is 1.60. The van der Waals surface area contributed by atoms with Gasteiger partial charge in [-0.3, -0.25) is 0 Å². The van der Waals surface area contributed by atoms with Gasteiger partial charge in [0, 0.05) is 0 Å². The normalized spacial score (nSPS) is 11.3. The van der Waals surface area contributed by atoms with Crippen molar-refractivity contribution in [1.29, 1.82) is 0 Å². The Labute approximate surface area is 66.0 Å². The van der Waals surface area contributed by atoms with Gasteiger partial charge in [-0.05, 0) is 0 Å². The Morgan fingerprint density at radius 3 is 1.80 bits per heavy atom. The van der Waals surface area contributed by atoms with Gasteiger partial charge in [0.2, 0.25) is 0 Å². The van der Waals surface area contributed by atoms with Gasteiger partial charge in [0.1, 0.15) is 0 Å². The van der Waals surface area contributed by atoms with Crippen LogP contribution in [-0.2, 0) is 4.79 Å². The van der Waals surface area contributed by atoms with E-state index in [1.807, 2.05) is 14.1 Å². The number of hydrogen-bond acceptors (Lipinski definition) is 1. The van der Waals surface area contributed by atoms with Gasteiger partial charge >= 0.3 is 65.5 Å². The van der Waals surface area contributed by atoms with Crippen molar-refractivity contribution in [2.45, 2.75) is 22.5 Å². The molecule has 10 heavy (non-hydrogen) atoms. The zero-order chi connectivity index (χ0) is 8.36. The number of carbonyl (C=O) groups excluding carboxylic acids is 1. The SMILES string of the molecule is CN(C)C(=O)[CH2][Ge]([CH3])([CH3])[CH3]. The summed E-state index contributed by atoms with van der Waals surface area (Å²) in [7, 11) is 3.63. The molecule has 0 bridgehead atoms. The van der Waals surface area contributed by atoms with Crippen LogP contribution in [0.25, 0.3) is 0 Å². The first-order chi connectivity index (χ1) is 4.33. The molecule has 0 spiro atoms. The number of rotatable bonds is 2. The molecule has 0 N–H and O–H groups in total. The van der Waals surface area contributed by atoms with Crippen molar-refractivity contribution in [1.82, 2.24) is 4.90 Å². The zero-order valence-corrected chi connectivity index (χ0v) is 9.66. The summed E-state index contributed by atoms with van der Waals surface area (Å²) in [6.07, 6.45) is 0. The fourth-order valence-corrected chi connectivity index (χ4v) is 3.18. The van der Waals surface area contributed by atoms with Crippen molar-refractivity contribution in [3.8, 4) is 0 Å². The Balaban J connectivity index is 3.81. The van der Waals surface area contributed by atoms with E-state index in [9.17, 15) is 4.79 Å². The molecule has 1 amide bonds. The predicted octanol–water partition coefficient (Wildman–Crippen LogP) is 1.41. The first-order valence-corrected chi connectivity index (χ1v) is 11.3. The summed E-state index contributed by atoms with van der Waals surface area (Å²) in [5.41, 5.74) is 0. The molecule has 60 valence electrons. The Kier molecular flexibility index (Phi) is 3.42. The molecule has 0 saturated carbocycles. The van der Waals surface area contributed by atoms with E-state index in [0.717, 1.165) is 5.25 Å². The molecule has 0 saturated heterocycles. The van der Waals surface area contributed by atoms with Crippen molar-refractivity contribution in [2.24, 2.45) is 0 Å². The second kappa shape index (κ2) is 3.42. The molecule has 0 atom stereocenters. The van der Waals surface area contributed by atoms with Crippen molar-refractivity contribution in [3.05, 3.63) is 0 Å². The minimum atomic E-state index is -1.62. The number of hydrogen-bond donors (Lipinski definition) is 0. The van der Waals surface area contributed by atoms with Crippen LogP contribution in [0.3, 0.4) is 0 Å². The Morgan fingerprint density at radius 1 is 1.30 bits per heavy atom. The van der Waals surface area contributed by atoms with Gasteiger partial charge in [-0.1, -0.05) is 0 Å². The van der Waals surface area contributed by atoms with Crippen LogP contribution in [0.15, 0.2) is 0 Å². The minimum absolute atomic E-state index is 0.285. The van der Waals surface area contributed by atoms with E-state index in [4.69, 9.17) is 0 Å². The van der Waals surface area contributed by atoms with E-state index in [1.165, 1.54) is 0 Å². The molecular formula is C7H17GeNO. The third kappa shape index (κ3) is 4.85. The van der Waals surface area contributed by atoms with Crippen LogP contribution in [0.1, 0.15) is 0 Å². The summed E-state index contributed by atoms with van der Waals surface area (Å²) in [5, 5.41) is 0.812. The molecule has 0 rings (SSSR count). The second-order valence-corrected chi connectivity index (χ2v) is 15.5. The molecule has 0 aliphatic heterocycles. The summed E-state index contributed by atoms with van der Waals surface area (Å²) in [6, 6.07) is 0. The summed E-state index contributed by atoms with van der Waals surface area (Å²) < 4.78 is 0.